The molecule has 1 unspecified atom stereocenters. The molecule has 1 saturated heterocycles. The second-order valence-corrected chi connectivity index (χ2v) is 6.99. The first kappa shape index (κ1) is 10.1. The van der Waals surface area contributed by atoms with E-state index in [0.717, 1.165) is 5.92 Å². The van der Waals surface area contributed by atoms with Gasteiger partial charge in [0.25, 0.3) is 0 Å². The third kappa shape index (κ3) is 2.53. The summed E-state index contributed by atoms with van der Waals surface area (Å²) in [5.74, 6) is 9.22. The topological polar surface area (TPSA) is 3.24 Å². The molecule has 1 rings (SSSR count). The van der Waals surface area contributed by atoms with Crippen LogP contribution in [0.15, 0.2) is 0 Å². The van der Waals surface area contributed by atoms with Gasteiger partial charge < -0.3 is 0 Å². The lowest BCUT2D eigenvalue weighted by Gasteiger charge is -2.35. The Hall–Kier alpha value is 0.0500. The van der Waals surface area contributed by atoms with Crippen molar-refractivity contribution in [2.24, 2.45) is 5.92 Å². The Morgan fingerprint density at radius 3 is 2.67 bits per heavy atom. The van der Waals surface area contributed by atoms with E-state index >= 15 is 0 Å². The SMILES string of the molecule is C=S(=C)(C)N1CCCC(CC)C1. The van der Waals surface area contributed by atoms with Crippen LogP contribution >= 0.6 is 9.39 Å². The molecule has 0 radical (unpaired) electrons. The highest BCUT2D eigenvalue weighted by Crippen LogP contribution is 2.29. The van der Waals surface area contributed by atoms with Gasteiger partial charge in [-0.15, -0.1) is 0 Å². The van der Waals surface area contributed by atoms with Gasteiger partial charge in [0, 0.05) is 13.1 Å². The molecule has 0 aromatic rings. The molecule has 72 valence electrons. The average molecular weight is 187 g/mol. The minimum atomic E-state index is -0.936. The molecule has 0 aromatic carbocycles. The van der Waals surface area contributed by atoms with E-state index in [1.807, 2.05) is 0 Å². The minimum Gasteiger partial charge on any atom is -0.262 e. The maximum atomic E-state index is 4.16. The van der Waals surface area contributed by atoms with Crippen molar-refractivity contribution in [3.05, 3.63) is 0 Å². The summed E-state index contributed by atoms with van der Waals surface area (Å²) in [6, 6.07) is 0. The van der Waals surface area contributed by atoms with E-state index in [1.54, 1.807) is 0 Å². The summed E-state index contributed by atoms with van der Waals surface area (Å²) in [5, 5.41) is 0. The van der Waals surface area contributed by atoms with Crippen LogP contribution < -0.4 is 0 Å². The van der Waals surface area contributed by atoms with E-state index in [9.17, 15) is 0 Å². The lowest BCUT2D eigenvalue weighted by Crippen LogP contribution is -2.32. The molecule has 12 heavy (non-hydrogen) atoms. The van der Waals surface area contributed by atoms with Gasteiger partial charge in [-0.3, -0.25) is 4.31 Å². The fraction of sp³-hybridized carbons (Fsp3) is 0.800. The molecule has 1 aliphatic rings. The van der Waals surface area contributed by atoms with Crippen molar-refractivity contribution in [3.8, 4) is 0 Å². The Morgan fingerprint density at radius 1 is 1.50 bits per heavy atom. The fourth-order valence-corrected chi connectivity index (χ4v) is 2.90. The zero-order valence-electron chi connectivity index (χ0n) is 8.38. The minimum absolute atomic E-state index is 0.897. The van der Waals surface area contributed by atoms with Crippen molar-refractivity contribution in [1.29, 1.82) is 0 Å². The second-order valence-electron chi connectivity index (χ2n) is 4.03. The van der Waals surface area contributed by atoms with Gasteiger partial charge in [-0.1, -0.05) is 25.1 Å². The van der Waals surface area contributed by atoms with Gasteiger partial charge in [0.1, 0.15) is 0 Å². The van der Waals surface area contributed by atoms with Gasteiger partial charge in [-0.05, 0) is 25.0 Å². The molecule has 2 heteroatoms. The van der Waals surface area contributed by atoms with Crippen molar-refractivity contribution in [2.45, 2.75) is 26.2 Å². The van der Waals surface area contributed by atoms with Crippen molar-refractivity contribution in [3.63, 3.8) is 0 Å². The smallest absolute Gasteiger partial charge is 0.0108 e. The molecule has 0 N–H and O–H groups in total. The number of rotatable bonds is 2. The molecule has 1 aliphatic heterocycles. The zero-order valence-corrected chi connectivity index (χ0v) is 9.20. The van der Waals surface area contributed by atoms with Gasteiger partial charge in [0.2, 0.25) is 0 Å². The molecule has 0 aromatic heterocycles. The molecule has 1 nitrogen and oxygen atoms in total. The predicted molar refractivity (Wildman–Crippen MR) is 62.3 cm³/mol. The number of nitrogens with zero attached hydrogens (tertiary/aromatic N) is 1. The Morgan fingerprint density at radius 2 is 2.17 bits per heavy atom. The van der Waals surface area contributed by atoms with Crippen LogP contribution in [0.2, 0.25) is 0 Å². The Kier molecular flexibility index (Phi) is 3.24. The van der Waals surface area contributed by atoms with Crippen LogP contribution in [0.25, 0.3) is 0 Å². The molecule has 1 fully saturated rings. The zero-order chi connectivity index (χ0) is 9.19. The highest BCUT2D eigenvalue weighted by molar-refractivity contribution is 8.25. The van der Waals surface area contributed by atoms with Crippen LogP contribution in [0.5, 0.6) is 0 Å². The third-order valence-corrected chi connectivity index (χ3v) is 4.26. The summed E-state index contributed by atoms with van der Waals surface area (Å²) in [5.41, 5.74) is 0. The average Bonchev–Trinajstić information content (AvgIpc) is 2.03. The molecule has 0 spiro atoms. The van der Waals surface area contributed by atoms with Gasteiger partial charge in [0.15, 0.2) is 0 Å². The molecule has 0 saturated carbocycles. The molecule has 1 atom stereocenters. The Labute approximate surface area is 77.4 Å². The van der Waals surface area contributed by atoms with Crippen LogP contribution in [0.1, 0.15) is 26.2 Å². The van der Waals surface area contributed by atoms with Crippen LogP contribution in [0, 0.1) is 5.92 Å². The Bertz CT molecular complexity index is 228. The molecule has 0 amide bonds. The number of hydrogen-bond donors (Lipinski definition) is 0. The first-order valence-electron chi connectivity index (χ1n) is 4.73. The van der Waals surface area contributed by atoms with Crippen molar-refractivity contribution < 1.29 is 0 Å². The third-order valence-electron chi connectivity index (χ3n) is 2.68. The normalized spacial score (nSPS) is 27.3. The lowest BCUT2D eigenvalue weighted by atomic mass is 9.97. The summed E-state index contributed by atoms with van der Waals surface area (Å²) in [6.45, 7) is 4.73. The molecule has 0 aliphatic carbocycles. The van der Waals surface area contributed by atoms with Crippen molar-refractivity contribution in [2.75, 3.05) is 19.3 Å². The molecular formula is C10H21NS. The number of hydrogen-bond acceptors (Lipinski definition) is 1. The van der Waals surface area contributed by atoms with E-state index in [1.165, 1.54) is 32.4 Å². The fourth-order valence-electron chi connectivity index (χ4n) is 1.76. The first-order chi connectivity index (χ1) is 5.54. The van der Waals surface area contributed by atoms with Crippen LogP contribution in [0.3, 0.4) is 0 Å². The highest BCUT2D eigenvalue weighted by Gasteiger charge is 2.18. The quantitative estimate of drug-likeness (QED) is 0.600. The van der Waals surface area contributed by atoms with Crippen LogP contribution in [-0.2, 0) is 0 Å². The van der Waals surface area contributed by atoms with Gasteiger partial charge >= 0.3 is 0 Å². The van der Waals surface area contributed by atoms with E-state index in [0.29, 0.717) is 0 Å². The maximum absolute atomic E-state index is 4.16. The van der Waals surface area contributed by atoms with Crippen LogP contribution in [-0.4, -0.2) is 35.4 Å². The summed E-state index contributed by atoms with van der Waals surface area (Å²) in [7, 11) is -0.936. The van der Waals surface area contributed by atoms with Crippen LogP contribution in [0.4, 0.5) is 0 Å². The van der Waals surface area contributed by atoms with E-state index in [2.05, 4.69) is 29.2 Å². The van der Waals surface area contributed by atoms with Gasteiger partial charge in [0.05, 0.1) is 0 Å². The largest absolute Gasteiger partial charge is 0.262 e. The Balaban J connectivity index is 2.58. The van der Waals surface area contributed by atoms with E-state index in [-0.39, 0.29) is 0 Å². The van der Waals surface area contributed by atoms with E-state index in [4.69, 9.17) is 0 Å². The molecule has 1 heterocycles. The number of piperidine rings is 1. The standard InChI is InChI=1S/C10H21NS/c1-5-10-7-6-8-11(9-10)12(2,3)4/h10H,2-3,5-9H2,1,4H3. The lowest BCUT2D eigenvalue weighted by molar-refractivity contribution is 0.279. The summed E-state index contributed by atoms with van der Waals surface area (Å²) < 4.78 is 2.49. The summed E-state index contributed by atoms with van der Waals surface area (Å²) >= 11 is 0. The van der Waals surface area contributed by atoms with Gasteiger partial charge in [-0.2, -0.15) is 9.39 Å². The summed E-state index contributed by atoms with van der Waals surface area (Å²) in [4.78, 5) is 0. The first-order valence-corrected chi connectivity index (χ1v) is 7.07. The molecular weight excluding hydrogens is 166 g/mol. The highest BCUT2D eigenvalue weighted by atomic mass is 32.2. The van der Waals surface area contributed by atoms with Crippen molar-refractivity contribution >= 4 is 21.1 Å². The van der Waals surface area contributed by atoms with E-state index < -0.39 is 9.39 Å². The molecule has 0 bridgehead atoms. The monoisotopic (exact) mass is 187 g/mol. The van der Waals surface area contributed by atoms with Crippen molar-refractivity contribution in [1.82, 2.24) is 4.31 Å². The second kappa shape index (κ2) is 3.84. The maximum Gasteiger partial charge on any atom is 0.0108 e. The predicted octanol–water partition coefficient (Wildman–Crippen LogP) is 2.32. The van der Waals surface area contributed by atoms with Gasteiger partial charge in [-0.25, -0.2) is 0 Å². The summed E-state index contributed by atoms with van der Waals surface area (Å²) in [6.07, 6.45) is 6.24.